The van der Waals surface area contributed by atoms with Gasteiger partial charge in [0.2, 0.25) is 0 Å². The number of azo groups is 1. The van der Waals surface area contributed by atoms with E-state index < -0.39 is 17.3 Å². The maximum Gasteiger partial charge on any atom is 0.418 e. The smallest absolute Gasteiger partial charge is 0.295 e. The predicted molar refractivity (Wildman–Crippen MR) is 80.3 cm³/mol. The molecule has 0 aliphatic heterocycles. The highest BCUT2D eigenvalue weighted by atomic mass is 19.4. The average Bonchev–Trinajstić information content (AvgIpc) is 2.94. The molecule has 0 radical (unpaired) electrons. The molecule has 0 fully saturated rings. The third-order valence-electron chi connectivity index (χ3n) is 3.17. The summed E-state index contributed by atoms with van der Waals surface area (Å²) >= 11 is 0. The normalized spacial score (nSPS) is 12.0. The molecule has 1 aromatic carbocycles. The Kier molecular flexibility index (Phi) is 3.98. The molecule has 0 unspecified atom stereocenters. The van der Waals surface area contributed by atoms with Gasteiger partial charge in [0.1, 0.15) is 0 Å². The first-order valence-corrected chi connectivity index (χ1v) is 6.76. The van der Waals surface area contributed by atoms with Crippen LogP contribution in [-0.4, -0.2) is 15.2 Å². The first kappa shape index (κ1) is 15.7. The number of hydrogen-bond donors (Lipinski definition) is 2. The van der Waals surface area contributed by atoms with Crippen LogP contribution in [0, 0.1) is 0 Å². The number of hydrogen-bond acceptors (Lipinski definition) is 4. The minimum atomic E-state index is -4.56. The highest BCUT2D eigenvalue weighted by molar-refractivity contribution is 5.70. The molecule has 2 aromatic heterocycles. The van der Waals surface area contributed by atoms with E-state index in [0.29, 0.717) is 11.3 Å². The number of halogens is 3. The van der Waals surface area contributed by atoms with Gasteiger partial charge in [-0.05, 0) is 24.3 Å². The number of nitrogens with one attached hydrogen (secondary N) is 2. The van der Waals surface area contributed by atoms with Crippen LogP contribution in [0.25, 0.3) is 11.3 Å². The summed E-state index contributed by atoms with van der Waals surface area (Å²) in [7, 11) is 0. The molecule has 0 bridgehead atoms. The zero-order valence-corrected chi connectivity index (χ0v) is 12.0. The minimum Gasteiger partial charge on any atom is -0.295 e. The van der Waals surface area contributed by atoms with Gasteiger partial charge in [-0.1, -0.05) is 12.1 Å². The lowest BCUT2D eigenvalue weighted by Crippen LogP contribution is -2.04. The van der Waals surface area contributed by atoms with Crippen LogP contribution in [0.5, 0.6) is 0 Å². The van der Waals surface area contributed by atoms with Gasteiger partial charge in [-0.25, -0.2) is 0 Å². The fourth-order valence-electron chi connectivity index (χ4n) is 2.07. The van der Waals surface area contributed by atoms with Crippen LogP contribution in [0.1, 0.15) is 5.56 Å². The van der Waals surface area contributed by atoms with Crippen LogP contribution >= 0.6 is 0 Å². The molecule has 3 rings (SSSR count). The van der Waals surface area contributed by atoms with Crippen LogP contribution in [0.4, 0.5) is 24.5 Å². The molecular weight excluding hydrogens is 323 g/mol. The molecule has 0 saturated heterocycles. The van der Waals surface area contributed by atoms with Crippen LogP contribution in [-0.2, 0) is 6.18 Å². The Labute approximate surface area is 133 Å². The van der Waals surface area contributed by atoms with Gasteiger partial charge in [-0.15, -0.1) is 10.2 Å². The largest absolute Gasteiger partial charge is 0.418 e. The molecule has 2 heterocycles. The van der Waals surface area contributed by atoms with Crippen molar-refractivity contribution in [1.29, 1.82) is 0 Å². The molecule has 24 heavy (non-hydrogen) atoms. The Balaban J connectivity index is 2.04. The first-order valence-electron chi connectivity index (χ1n) is 6.76. The van der Waals surface area contributed by atoms with Crippen molar-refractivity contribution < 1.29 is 13.2 Å². The molecular formula is C15H10F3N5O. The molecule has 0 amide bonds. The van der Waals surface area contributed by atoms with E-state index in [0.717, 1.165) is 6.07 Å². The number of H-pyrrole nitrogens is 2. The number of aromatic nitrogens is 3. The van der Waals surface area contributed by atoms with Crippen molar-refractivity contribution in [2.45, 2.75) is 6.18 Å². The second kappa shape index (κ2) is 6.11. The Bertz CT molecular complexity index is 928. The molecule has 2 N–H and O–H groups in total. The van der Waals surface area contributed by atoms with Gasteiger partial charge < -0.3 is 0 Å². The van der Waals surface area contributed by atoms with Crippen molar-refractivity contribution >= 4 is 11.4 Å². The van der Waals surface area contributed by atoms with Crippen LogP contribution in [0.15, 0.2) is 63.8 Å². The number of alkyl halides is 3. The van der Waals surface area contributed by atoms with Crippen molar-refractivity contribution in [2.75, 3.05) is 0 Å². The van der Waals surface area contributed by atoms with E-state index in [2.05, 4.69) is 25.4 Å². The van der Waals surface area contributed by atoms with E-state index in [4.69, 9.17) is 0 Å². The van der Waals surface area contributed by atoms with E-state index in [-0.39, 0.29) is 11.4 Å². The molecule has 9 heteroatoms. The molecule has 0 aliphatic rings. The molecule has 3 aromatic rings. The summed E-state index contributed by atoms with van der Waals surface area (Å²) in [6.45, 7) is 0. The van der Waals surface area contributed by atoms with Gasteiger partial charge in [0, 0.05) is 18.0 Å². The summed E-state index contributed by atoms with van der Waals surface area (Å²) in [4.78, 5) is 15.8. The van der Waals surface area contributed by atoms with Crippen molar-refractivity contribution in [2.24, 2.45) is 10.2 Å². The minimum absolute atomic E-state index is 0.125. The molecule has 0 atom stereocenters. The fourth-order valence-corrected chi connectivity index (χ4v) is 2.07. The second-order valence-corrected chi connectivity index (χ2v) is 4.76. The van der Waals surface area contributed by atoms with Crippen LogP contribution < -0.4 is 5.56 Å². The topological polar surface area (TPSA) is 86.3 Å². The zero-order chi connectivity index (χ0) is 17.2. The van der Waals surface area contributed by atoms with E-state index in [9.17, 15) is 18.0 Å². The lowest BCUT2D eigenvalue weighted by atomic mass is 10.2. The summed E-state index contributed by atoms with van der Waals surface area (Å²) in [5, 5.41) is 12.3. The van der Waals surface area contributed by atoms with Crippen molar-refractivity contribution in [3.05, 3.63) is 64.7 Å². The standard InChI is InChI=1S/C15H10F3N5O/c16-15(17,18)10-5-1-2-6-11(10)20-22-13-12(21-23-14(13)24)9-4-3-7-19-8-9/h1-8H,(H2,21,23,24). The molecule has 0 aliphatic carbocycles. The van der Waals surface area contributed by atoms with Crippen molar-refractivity contribution in [3.8, 4) is 11.3 Å². The van der Waals surface area contributed by atoms with Gasteiger partial charge in [0.05, 0.1) is 16.9 Å². The van der Waals surface area contributed by atoms with Crippen molar-refractivity contribution in [1.82, 2.24) is 15.2 Å². The highest BCUT2D eigenvalue weighted by Crippen LogP contribution is 2.37. The SMILES string of the molecule is O=c1[nH][nH]c(-c2cccnc2)c1N=Nc1ccccc1C(F)(F)F. The first-order chi connectivity index (χ1) is 11.5. The molecule has 122 valence electrons. The zero-order valence-electron chi connectivity index (χ0n) is 12.0. The van der Waals surface area contributed by atoms with Crippen molar-refractivity contribution in [3.63, 3.8) is 0 Å². The summed E-state index contributed by atoms with van der Waals surface area (Å²) in [5.74, 6) is 0. The van der Waals surface area contributed by atoms with E-state index in [1.165, 1.54) is 24.4 Å². The Morgan fingerprint density at radius 2 is 1.79 bits per heavy atom. The monoisotopic (exact) mass is 333 g/mol. The average molecular weight is 333 g/mol. The Hall–Kier alpha value is -3.23. The molecule has 0 spiro atoms. The maximum absolute atomic E-state index is 13.0. The third-order valence-corrected chi connectivity index (χ3v) is 3.17. The summed E-state index contributed by atoms with van der Waals surface area (Å²) in [5.41, 5.74) is -1.18. The number of aromatic amines is 2. The molecule has 6 nitrogen and oxygen atoms in total. The number of benzene rings is 1. The predicted octanol–water partition coefficient (Wildman–Crippen LogP) is 4.20. The Morgan fingerprint density at radius 3 is 2.50 bits per heavy atom. The quantitative estimate of drug-likeness (QED) is 0.704. The third kappa shape index (κ3) is 3.09. The number of nitrogens with zero attached hydrogens (tertiary/aromatic N) is 3. The summed E-state index contributed by atoms with van der Waals surface area (Å²) < 4.78 is 38.9. The van der Waals surface area contributed by atoms with Crippen LogP contribution in [0.3, 0.4) is 0 Å². The van der Waals surface area contributed by atoms with E-state index in [1.807, 2.05) is 0 Å². The van der Waals surface area contributed by atoms with Crippen LogP contribution in [0.2, 0.25) is 0 Å². The fraction of sp³-hybridized carbons (Fsp3) is 0.0667. The van der Waals surface area contributed by atoms with Gasteiger partial charge in [0.15, 0.2) is 5.69 Å². The maximum atomic E-state index is 13.0. The lowest BCUT2D eigenvalue weighted by molar-refractivity contribution is -0.137. The highest BCUT2D eigenvalue weighted by Gasteiger charge is 2.33. The molecule has 0 saturated carbocycles. The van der Waals surface area contributed by atoms with Gasteiger partial charge in [0.25, 0.3) is 5.56 Å². The van der Waals surface area contributed by atoms with E-state index >= 15 is 0 Å². The Morgan fingerprint density at radius 1 is 1.00 bits per heavy atom. The second-order valence-electron chi connectivity index (χ2n) is 4.76. The number of pyridine rings is 1. The van der Waals surface area contributed by atoms with Gasteiger partial charge in [-0.2, -0.15) is 13.2 Å². The summed E-state index contributed by atoms with van der Waals surface area (Å²) in [6, 6.07) is 8.07. The summed E-state index contributed by atoms with van der Waals surface area (Å²) in [6.07, 6.45) is -1.52. The lowest BCUT2D eigenvalue weighted by Gasteiger charge is -2.08. The number of rotatable bonds is 3. The van der Waals surface area contributed by atoms with Gasteiger partial charge >= 0.3 is 6.18 Å². The van der Waals surface area contributed by atoms with Gasteiger partial charge in [-0.3, -0.25) is 20.0 Å². The van der Waals surface area contributed by atoms with E-state index in [1.54, 1.807) is 18.3 Å².